The SMILES string of the molecule is ClC(Oc1ccccc1)SNc1ccc2cnccc2c1. The lowest BCUT2D eigenvalue weighted by Crippen LogP contribution is -2.06. The molecule has 0 bridgehead atoms. The lowest BCUT2D eigenvalue weighted by Gasteiger charge is -2.13. The number of pyridine rings is 1. The van der Waals surface area contributed by atoms with Crippen molar-refractivity contribution in [3.63, 3.8) is 0 Å². The smallest absolute Gasteiger partial charge is 0.237 e. The largest absolute Gasteiger partial charge is 0.463 e. The van der Waals surface area contributed by atoms with Crippen LogP contribution in [0.1, 0.15) is 0 Å². The first kappa shape index (κ1) is 14.0. The van der Waals surface area contributed by atoms with Crippen LogP contribution in [-0.4, -0.2) is 9.88 Å². The van der Waals surface area contributed by atoms with E-state index in [1.807, 2.05) is 54.7 Å². The molecular formula is C16H13ClN2OS. The highest BCUT2D eigenvalue weighted by Gasteiger charge is 2.07. The minimum atomic E-state index is -0.513. The van der Waals surface area contributed by atoms with E-state index in [1.165, 1.54) is 11.9 Å². The van der Waals surface area contributed by atoms with Crippen molar-refractivity contribution in [3.8, 4) is 5.75 Å². The number of hydrogen-bond donors (Lipinski definition) is 1. The van der Waals surface area contributed by atoms with Gasteiger partial charge in [-0.05, 0) is 35.7 Å². The fourth-order valence-corrected chi connectivity index (χ4v) is 2.64. The zero-order valence-corrected chi connectivity index (χ0v) is 12.6. The van der Waals surface area contributed by atoms with Crippen molar-refractivity contribution in [2.75, 3.05) is 4.72 Å². The molecule has 0 saturated carbocycles. The maximum atomic E-state index is 6.15. The second kappa shape index (κ2) is 6.70. The number of hydrogen-bond acceptors (Lipinski definition) is 4. The summed E-state index contributed by atoms with van der Waals surface area (Å²) < 4.78 is 8.78. The summed E-state index contributed by atoms with van der Waals surface area (Å²) in [5.74, 6) is 0.747. The van der Waals surface area contributed by atoms with Crippen molar-refractivity contribution in [3.05, 3.63) is 67.0 Å². The van der Waals surface area contributed by atoms with Crippen LogP contribution < -0.4 is 9.46 Å². The van der Waals surface area contributed by atoms with Gasteiger partial charge in [0.15, 0.2) is 0 Å². The first-order valence-corrected chi connectivity index (χ1v) is 7.74. The maximum Gasteiger partial charge on any atom is 0.237 e. The van der Waals surface area contributed by atoms with Crippen LogP contribution in [0.2, 0.25) is 0 Å². The summed E-state index contributed by atoms with van der Waals surface area (Å²) in [5.41, 5.74) is 0.973. The molecule has 0 aliphatic heterocycles. The summed E-state index contributed by atoms with van der Waals surface area (Å²) >= 11 is 7.46. The predicted octanol–water partition coefficient (Wildman–Crippen LogP) is 4.90. The molecule has 0 aliphatic rings. The number of alkyl halides is 1. The molecule has 1 atom stereocenters. The van der Waals surface area contributed by atoms with E-state index in [1.54, 1.807) is 6.20 Å². The van der Waals surface area contributed by atoms with E-state index in [0.717, 1.165) is 22.2 Å². The Morgan fingerprint density at radius 1 is 1.05 bits per heavy atom. The Morgan fingerprint density at radius 2 is 1.90 bits per heavy atom. The van der Waals surface area contributed by atoms with Gasteiger partial charge in [0.25, 0.3) is 0 Å². The van der Waals surface area contributed by atoms with Crippen molar-refractivity contribution in [2.45, 2.75) is 4.90 Å². The van der Waals surface area contributed by atoms with Crippen LogP contribution in [0.5, 0.6) is 5.75 Å². The van der Waals surface area contributed by atoms with Crippen molar-refractivity contribution in [2.24, 2.45) is 0 Å². The first-order chi connectivity index (χ1) is 10.3. The van der Waals surface area contributed by atoms with Crippen LogP contribution in [0.3, 0.4) is 0 Å². The second-order valence-electron chi connectivity index (χ2n) is 4.36. The molecule has 106 valence electrons. The summed E-state index contributed by atoms with van der Waals surface area (Å²) in [5, 5.41) is 2.24. The molecule has 1 unspecified atom stereocenters. The summed E-state index contributed by atoms with van der Waals surface area (Å²) in [6.07, 6.45) is 3.62. The molecule has 0 saturated heterocycles. The maximum absolute atomic E-state index is 6.15. The highest BCUT2D eigenvalue weighted by molar-refractivity contribution is 8.02. The van der Waals surface area contributed by atoms with E-state index in [0.29, 0.717) is 0 Å². The molecule has 0 fully saturated rings. The average Bonchev–Trinajstić information content (AvgIpc) is 2.54. The molecule has 3 nitrogen and oxygen atoms in total. The van der Waals surface area contributed by atoms with Gasteiger partial charge >= 0.3 is 0 Å². The van der Waals surface area contributed by atoms with Crippen molar-refractivity contribution in [1.82, 2.24) is 4.98 Å². The van der Waals surface area contributed by atoms with E-state index in [-0.39, 0.29) is 0 Å². The van der Waals surface area contributed by atoms with Gasteiger partial charge in [0.1, 0.15) is 5.75 Å². The van der Waals surface area contributed by atoms with E-state index < -0.39 is 4.90 Å². The average molecular weight is 317 g/mol. The Kier molecular flexibility index (Phi) is 4.48. The number of para-hydroxylation sites is 1. The van der Waals surface area contributed by atoms with Gasteiger partial charge in [-0.25, -0.2) is 0 Å². The van der Waals surface area contributed by atoms with Gasteiger partial charge in [0.2, 0.25) is 4.90 Å². The third-order valence-electron chi connectivity index (χ3n) is 2.88. The molecule has 0 spiro atoms. The lowest BCUT2D eigenvalue weighted by atomic mass is 10.2. The topological polar surface area (TPSA) is 34.1 Å². The van der Waals surface area contributed by atoms with Crippen molar-refractivity contribution in [1.29, 1.82) is 0 Å². The fraction of sp³-hybridized carbons (Fsp3) is 0.0625. The number of nitrogens with one attached hydrogen (secondary N) is 1. The minimum Gasteiger partial charge on any atom is -0.463 e. The van der Waals surface area contributed by atoms with Gasteiger partial charge in [-0.2, -0.15) is 0 Å². The van der Waals surface area contributed by atoms with Crippen LogP contribution in [0.4, 0.5) is 5.69 Å². The molecule has 0 amide bonds. The molecule has 5 heteroatoms. The Bertz CT molecular complexity index is 724. The Labute approximate surface area is 132 Å². The summed E-state index contributed by atoms with van der Waals surface area (Å²) in [4.78, 5) is 3.58. The Hall–Kier alpha value is -1.91. The molecule has 2 aromatic carbocycles. The monoisotopic (exact) mass is 316 g/mol. The number of ether oxygens (including phenoxy) is 1. The van der Waals surface area contributed by atoms with Crippen LogP contribution in [0.25, 0.3) is 10.8 Å². The van der Waals surface area contributed by atoms with E-state index in [9.17, 15) is 0 Å². The van der Waals surface area contributed by atoms with Gasteiger partial charge in [0, 0.05) is 35.4 Å². The number of benzene rings is 2. The summed E-state index contributed by atoms with van der Waals surface area (Å²) in [6.45, 7) is 0. The molecule has 1 heterocycles. The molecule has 1 N–H and O–H groups in total. The molecule has 3 rings (SSSR count). The standard InChI is InChI=1S/C16H13ClN2OS/c17-16(20-15-4-2-1-3-5-15)21-19-14-7-6-13-11-18-9-8-12(13)10-14/h1-11,16,19H. The Morgan fingerprint density at radius 3 is 2.76 bits per heavy atom. The van der Waals surface area contributed by atoms with Crippen LogP contribution in [0, 0.1) is 0 Å². The number of halogens is 1. The van der Waals surface area contributed by atoms with E-state index >= 15 is 0 Å². The Balaban J connectivity index is 1.60. The van der Waals surface area contributed by atoms with Gasteiger partial charge in [0.05, 0.1) is 0 Å². The van der Waals surface area contributed by atoms with Crippen molar-refractivity contribution >= 4 is 40.0 Å². The highest BCUT2D eigenvalue weighted by Crippen LogP contribution is 2.25. The third-order valence-corrected chi connectivity index (χ3v) is 3.87. The van der Waals surface area contributed by atoms with Crippen LogP contribution in [-0.2, 0) is 0 Å². The summed E-state index contributed by atoms with van der Waals surface area (Å²) in [7, 11) is 0. The fourth-order valence-electron chi connectivity index (χ4n) is 1.89. The minimum absolute atomic E-state index is 0.513. The van der Waals surface area contributed by atoms with E-state index in [2.05, 4.69) is 15.8 Å². The second-order valence-corrected chi connectivity index (χ2v) is 5.89. The van der Waals surface area contributed by atoms with Gasteiger partial charge in [-0.3, -0.25) is 4.98 Å². The van der Waals surface area contributed by atoms with Gasteiger partial charge in [-0.15, -0.1) is 0 Å². The third kappa shape index (κ3) is 3.80. The lowest BCUT2D eigenvalue weighted by molar-refractivity contribution is 0.360. The zero-order chi connectivity index (χ0) is 14.5. The predicted molar refractivity (Wildman–Crippen MR) is 89.7 cm³/mol. The van der Waals surface area contributed by atoms with E-state index in [4.69, 9.17) is 16.3 Å². The molecule has 0 radical (unpaired) electrons. The zero-order valence-electron chi connectivity index (χ0n) is 11.1. The highest BCUT2D eigenvalue weighted by atomic mass is 35.5. The summed E-state index contributed by atoms with van der Waals surface area (Å²) in [6, 6.07) is 17.5. The molecule has 1 aromatic heterocycles. The first-order valence-electron chi connectivity index (χ1n) is 6.42. The number of aromatic nitrogens is 1. The molecular weight excluding hydrogens is 304 g/mol. The molecule has 3 aromatic rings. The molecule has 0 aliphatic carbocycles. The number of nitrogens with zero attached hydrogens (tertiary/aromatic N) is 1. The normalized spacial score (nSPS) is 12.0. The van der Waals surface area contributed by atoms with Crippen LogP contribution in [0.15, 0.2) is 67.0 Å². The van der Waals surface area contributed by atoms with Gasteiger partial charge < -0.3 is 9.46 Å². The quantitative estimate of drug-likeness (QED) is 0.412. The number of rotatable bonds is 5. The van der Waals surface area contributed by atoms with Gasteiger partial charge in [-0.1, -0.05) is 35.9 Å². The number of anilines is 1. The van der Waals surface area contributed by atoms with Crippen LogP contribution >= 0.6 is 23.5 Å². The number of fused-ring (bicyclic) bond motifs is 1. The van der Waals surface area contributed by atoms with Crippen molar-refractivity contribution < 1.29 is 4.74 Å². The molecule has 21 heavy (non-hydrogen) atoms.